The van der Waals surface area contributed by atoms with Gasteiger partial charge in [0.1, 0.15) is 10.7 Å². The highest BCUT2D eigenvalue weighted by molar-refractivity contribution is 7.13. The second kappa shape index (κ2) is 6.28. The molecule has 1 atom stereocenters. The van der Waals surface area contributed by atoms with Gasteiger partial charge in [0.05, 0.1) is 16.7 Å². The van der Waals surface area contributed by atoms with Crippen molar-refractivity contribution in [3.8, 4) is 0 Å². The summed E-state index contributed by atoms with van der Waals surface area (Å²) in [6.45, 7) is 4.67. The summed E-state index contributed by atoms with van der Waals surface area (Å²) in [5, 5.41) is 0.945. The van der Waals surface area contributed by atoms with Gasteiger partial charge in [-0.1, -0.05) is 0 Å². The zero-order valence-electron chi connectivity index (χ0n) is 14.0. The molecular formula is C17H22N4OS. The van der Waals surface area contributed by atoms with E-state index in [1.165, 1.54) is 11.3 Å². The van der Waals surface area contributed by atoms with Crippen LogP contribution < -0.4 is 4.90 Å². The van der Waals surface area contributed by atoms with Gasteiger partial charge in [0, 0.05) is 26.8 Å². The average molecular weight is 330 g/mol. The van der Waals surface area contributed by atoms with Crippen LogP contribution in [0.2, 0.25) is 0 Å². The maximum Gasteiger partial charge on any atom is 0.266 e. The van der Waals surface area contributed by atoms with Gasteiger partial charge in [-0.2, -0.15) is 0 Å². The van der Waals surface area contributed by atoms with Crippen molar-refractivity contribution in [2.75, 3.05) is 25.5 Å². The number of carbonyl (C=O) groups excluding carboxylic acids is 1. The Morgan fingerprint density at radius 3 is 2.83 bits per heavy atom. The molecule has 0 N–H and O–H groups in total. The Labute approximate surface area is 141 Å². The highest BCUT2D eigenvalue weighted by Crippen LogP contribution is 2.35. The summed E-state index contributed by atoms with van der Waals surface area (Å²) in [5.41, 5.74) is 2.00. The SMILES string of the molecule is Cc1nc(C)c(C(=O)N2CCCC2c2ccnc(N(C)C)c2)s1. The zero-order chi connectivity index (χ0) is 16.6. The number of rotatable bonds is 3. The minimum Gasteiger partial charge on any atom is -0.363 e. The fourth-order valence-corrected chi connectivity index (χ4v) is 3.98. The molecule has 0 radical (unpaired) electrons. The lowest BCUT2D eigenvalue weighted by Crippen LogP contribution is -2.30. The fourth-order valence-electron chi connectivity index (χ4n) is 3.10. The van der Waals surface area contributed by atoms with E-state index in [4.69, 9.17) is 0 Å². The van der Waals surface area contributed by atoms with Gasteiger partial charge < -0.3 is 9.80 Å². The van der Waals surface area contributed by atoms with E-state index in [1.54, 1.807) is 0 Å². The zero-order valence-corrected chi connectivity index (χ0v) is 14.9. The van der Waals surface area contributed by atoms with Crippen molar-refractivity contribution >= 4 is 23.1 Å². The molecule has 0 spiro atoms. The number of anilines is 1. The number of hydrogen-bond acceptors (Lipinski definition) is 5. The van der Waals surface area contributed by atoms with Crippen molar-refractivity contribution in [3.63, 3.8) is 0 Å². The Morgan fingerprint density at radius 2 is 2.17 bits per heavy atom. The van der Waals surface area contributed by atoms with Gasteiger partial charge in [-0.15, -0.1) is 11.3 Å². The summed E-state index contributed by atoms with van der Waals surface area (Å²) in [6.07, 6.45) is 3.86. The summed E-state index contributed by atoms with van der Waals surface area (Å²) in [4.78, 5) is 26.5. The molecule has 0 bridgehead atoms. The van der Waals surface area contributed by atoms with Crippen molar-refractivity contribution in [2.24, 2.45) is 0 Å². The highest BCUT2D eigenvalue weighted by Gasteiger charge is 2.32. The first-order valence-corrected chi connectivity index (χ1v) is 8.67. The number of pyridine rings is 1. The van der Waals surface area contributed by atoms with E-state index in [0.29, 0.717) is 0 Å². The molecule has 0 aliphatic carbocycles. The second-order valence-corrected chi connectivity index (χ2v) is 7.35. The molecule has 1 aliphatic rings. The summed E-state index contributed by atoms with van der Waals surface area (Å²) >= 11 is 1.49. The van der Waals surface area contributed by atoms with Gasteiger partial charge in [0.15, 0.2) is 0 Å². The van der Waals surface area contributed by atoms with E-state index in [2.05, 4.69) is 16.0 Å². The van der Waals surface area contributed by atoms with Crippen LogP contribution in [0.1, 0.15) is 44.8 Å². The number of aryl methyl sites for hydroxylation is 2. The normalized spacial score (nSPS) is 17.6. The minimum atomic E-state index is 0.110. The molecule has 23 heavy (non-hydrogen) atoms. The van der Waals surface area contributed by atoms with E-state index >= 15 is 0 Å². The number of amides is 1. The van der Waals surface area contributed by atoms with Gasteiger partial charge in [-0.05, 0) is 44.4 Å². The third kappa shape index (κ3) is 3.08. The number of aromatic nitrogens is 2. The van der Waals surface area contributed by atoms with Crippen LogP contribution in [0.5, 0.6) is 0 Å². The largest absolute Gasteiger partial charge is 0.363 e. The Hall–Kier alpha value is -1.95. The monoisotopic (exact) mass is 330 g/mol. The Balaban J connectivity index is 1.90. The van der Waals surface area contributed by atoms with Gasteiger partial charge >= 0.3 is 0 Å². The molecule has 6 heteroatoms. The Kier molecular flexibility index (Phi) is 4.35. The van der Waals surface area contributed by atoms with E-state index in [0.717, 1.165) is 46.3 Å². The molecule has 0 saturated carbocycles. The van der Waals surface area contributed by atoms with Crippen LogP contribution in [0.25, 0.3) is 0 Å². The third-order valence-corrected chi connectivity index (χ3v) is 5.28. The summed E-state index contributed by atoms with van der Waals surface area (Å²) in [5.74, 6) is 1.03. The molecular weight excluding hydrogens is 308 g/mol. The molecule has 122 valence electrons. The predicted molar refractivity (Wildman–Crippen MR) is 93.2 cm³/mol. The molecule has 3 rings (SSSR count). The molecule has 5 nitrogen and oxygen atoms in total. The van der Waals surface area contributed by atoms with Crippen LogP contribution in [0, 0.1) is 13.8 Å². The fraction of sp³-hybridized carbons (Fsp3) is 0.471. The molecule has 3 heterocycles. The van der Waals surface area contributed by atoms with E-state index in [-0.39, 0.29) is 11.9 Å². The molecule has 1 saturated heterocycles. The van der Waals surface area contributed by atoms with Gasteiger partial charge in [-0.25, -0.2) is 9.97 Å². The summed E-state index contributed by atoms with van der Waals surface area (Å²) in [6, 6.07) is 4.24. The first kappa shape index (κ1) is 15.9. The lowest BCUT2D eigenvalue weighted by Gasteiger charge is -2.25. The van der Waals surface area contributed by atoms with Gasteiger partial charge in [0.25, 0.3) is 5.91 Å². The maximum atomic E-state index is 13.0. The van der Waals surface area contributed by atoms with Crippen LogP contribution in [0.3, 0.4) is 0 Å². The third-order valence-electron chi connectivity index (χ3n) is 4.22. The molecule has 0 aromatic carbocycles. The molecule has 1 unspecified atom stereocenters. The summed E-state index contributed by atoms with van der Waals surface area (Å²) < 4.78 is 0. The Bertz CT molecular complexity index is 725. The topological polar surface area (TPSA) is 49.3 Å². The van der Waals surface area contributed by atoms with Crippen LogP contribution in [0.4, 0.5) is 5.82 Å². The molecule has 1 fully saturated rings. The van der Waals surface area contributed by atoms with E-state index in [1.807, 2.05) is 50.0 Å². The van der Waals surface area contributed by atoms with Gasteiger partial charge in [0.2, 0.25) is 0 Å². The van der Waals surface area contributed by atoms with Crippen LogP contribution >= 0.6 is 11.3 Å². The average Bonchev–Trinajstić information content (AvgIpc) is 3.13. The highest BCUT2D eigenvalue weighted by atomic mass is 32.1. The number of carbonyl (C=O) groups is 1. The van der Waals surface area contributed by atoms with E-state index in [9.17, 15) is 4.79 Å². The lowest BCUT2D eigenvalue weighted by molar-refractivity contribution is 0.0739. The Morgan fingerprint density at radius 1 is 1.39 bits per heavy atom. The number of nitrogens with zero attached hydrogens (tertiary/aromatic N) is 4. The van der Waals surface area contributed by atoms with Crippen molar-refractivity contribution in [1.29, 1.82) is 0 Å². The smallest absolute Gasteiger partial charge is 0.266 e. The summed E-state index contributed by atoms with van der Waals surface area (Å²) in [7, 11) is 3.96. The van der Waals surface area contributed by atoms with Crippen molar-refractivity contribution in [2.45, 2.75) is 32.7 Å². The predicted octanol–water partition coefficient (Wildman–Crippen LogP) is 3.20. The van der Waals surface area contributed by atoms with Crippen LogP contribution in [-0.2, 0) is 0 Å². The van der Waals surface area contributed by atoms with Crippen LogP contribution in [0.15, 0.2) is 18.3 Å². The lowest BCUT2D eigenvalue weighted by atomic mass is 10.1. The van der Waals surface area contributed by atoms with E-state index < -0.39 is 0 Å². The standard InChI is InChI=1S/C17H22N4OS/c1-11-16(23-12(2)19-11)17(22)21-9-5-6-14(21)13-7-8-18-15(10-13)20(3)4/h7-8,10,14H,5-6,9H2,1-4H3. The molecule has 2 aromatic heterocycles. The first-order valence-electron chi connectivity index (χ1n) is 7.85. The maximum absolute atomic E-state index is 13.0. The number of likely N-dealkylation sites (tertiary alicyclic amines) is 1. The van der Waals surface area contributed by atoms with Gasteiger partial charge in [-0.3, -0.25) is 4.79 Å². The minimum absolute atomic E-state index is 0.110. The van der Waals surface area contributed by atoms with Crippen molar-refractivity contribution < 1.29 is 4.79 Å². The second-order valence-electron chi connectivity index (χ2n) is 6.15. The number of hydrogen-bond donors (Lipinski definition) is 0. The molecule has 1 aliphatic heterocycles. The quantitative estimate of drug-likeness (QED) is 0.867. The van der Waals surface area contributed by atoms with Crippen LogP contribution in [-0.4, -0.2) is 41.4 Å². The first-order chi connectivity index (χ1) is 11.0. The van der Waals surface area contributed by atoms with Crippen molar-refractivity contribution in [3.05, 3.63) is 39.5 Å². The number of thiazole rings is 1. The molecule has 1 amide bonds. The van der Waals surface area contributed by atoms with Crippen molar-refractivity contribution in [1.82, 2.24) is 14.9 Å². The molecule has 2 aromatic rings.